The third-order valence-corrected chi connectivity index (χ3v) is 6.23. The number of hydrogen-bond acceptors (Lipinski definition) is 4. The van der Waals surface area contributed by atoms with Gasteiger partial charge in [0.05, 0.1) is 5.69 Å². The van der Waals surface area contributed by atoms with Gasteiger partial charge in [-0.05, 0) is 41.7 Å². The molecule has 2 aliphatic rings. The highest BCUT2D eigenvalue weighted by Crippen LogP contribution is 2.52. The zero-order chi connectivity index (χ0) is 18.4. The van der Waals surface area contributed by atoms with Gasteiger partial charge in [-0.1, -0.05) is 37.3 Å². The largest absolute Gasteiger partial charge is 0.507 e. The lowest BCUT2D eigenvalue weighted by Gasteiger charge is -2.30. The number of thioether (sulfide) groups is 1. The Morgan fingerprint density at radius 3 is 2.65 bits per heavy atom. The minimum Gasteiger partial charge on any atom is -0.507 e. The predicted molar refractivity (Wildman–Crippen MR) is 112 cm³/mol. The van der Waals surface area contributed by atoms with Crippen LogP contribution in [0.5, 0.6) is 5.75 Å². The summed E-state index contributed by atoms with van der Waals surface area (Å²) in [4.78, 5) is 3.45. The van der Waals surface area contributed by atoms with Crippen molar-refractivity contribution in [3.8, 4) is 16.9 Å². The Morgan fingerprint density at radius 2 is 1.96 bits per heavy atom. The minimum atomic E-state index is 0.0548. The maximum absolute atomic E-state index is 10.8. The summed E-state index contributed by atoms with van der Waals surface area (Å²) in [5, 5.41) is 10.8. The van der Waals surface area contributed by atoms with Crippen molar-refractivity contribution in [3.05, 3.63) is 64.2 Å². The Morgan fingerprint density at radius 1 is 1.23 bits per heavy atom. The van der Waals surface area contributed by atoms with E-state index in [1.807, 2.05) is 17.8 Å². The maximum Gasteiger partial charge on any atom is 0.124 e. The molecule has 0 bridgehead atoms. The SMILES string of the molecule is CC[C@@H](N)c1ccc(-c2c(O)cc(C)c3c2C2=CCSC2=CN3C)cc1. The van der Waals surface area contributed by atoms with Crippen molar-refractivity contribution in [2.75, 3.05) is 17.7 Å². The van der Waals surface area contributed by atoms with Gasteiger partial charge in [0, 0.05) is 41.1 Å². The number of allylic oxidation sites excluding steroid dienone is 1. The van der Waals surface area contributed by atoms with Crippen LogP contribution in [0.3, 0.4) is 0 Å². The van der Waals surface area contributed by atoms with Crippen LogP contribution < -0.4 is 10.6 Å². The number of fused-ring (bicyclic) bond motifs is 3. The molecule has 2 aliphatic heterocycles. The summed E-state index contributed by atoms with van der Waals surface area (Å²) in [6.07, 6.45) is 5.38. The van der Waals surface area contributed by atoms with E-state index >= 15 is 0 Å². The average Bonchev–Trinajstić information content (AvgIpc) is 3.09. The standard InChI is InChI=1S/C22H24N2OS/c1-4-17(23)14-5-7-15(8-6-14)20-18(25)11-13(2)22-21(20)16-9-10-26-19(16)12-24(22)3/h5-9,11-12,17,25H,4,10,23H2,1-3H3/t17-/m1/s1. The molecule has 3 N–H and O–H groups in total. The fourth-order valence-corrected chi connectivity index (χ4v) is 4.90. The van der Waals surface area contributed by atoms with Crippen molar-refractivity contribution in [1.29, 1.82) is 0 Å². The van der Waals surface area contributed by atoms with Crippen molar-refractivity contribution in [2.45, 2.75) is 26.3 Å². The number of nitrogens with two attached hydrogens (primary N) is 1. The summed E-state index contributed by atoms with van der Waals surface area (Å²) in [6, 6.07) is 10.2. The number of hydrogen-bond donors (Lipinski definition) is 2. The van der Waals surface area contributed by atoms with Crippen LogP contribution in [0.25, 0.3) is 16.7 Å². The van der Waals surface area contributed by atoms with Gasteiger partial charge in [-0.3, -0.25) is 0 Å². The Hall–Kier alpha value is -2.17. The number of rotatable bonds is 3. The van der Waals surface area contributed by atoms with Gasteiger partial charge in [0.25, 0.3) is 0 Å². The van der Waals surface area contributed by atoms with E-state index < -0.39 is 0 Å². The first-order chi connectivity index (χ1) is 12.5. The van der Waals surface area contributed by atoms with Gasteiger partial charge >= 0.3 is 0 Å². The fourth-order valence-electron chi connectivity index (χ4n) is 3.90. The number of nitrogens with zero attached hydrogens (tertiary/aromatic N) is 1. The zero-order valence-corrected chi connectivity index (χ0v) is 16.2. The second-order valence-electron chi connectivity index (χ2n) is 6.98. The molecule has 0 aliphatic carbocycles. The minimum absolute atomic E-state index is 0.0548. The highest BCUT2D eigenvalue weighted by Gasteiger charge is 2.29. The van der Waals surface area contributed by atoms with E-state index in [1.54, 1.807) is 0 Å². The van der Waals surface area contributed by atoms with E-state index in [2.05, 4.69) is 62.3 Å². The number of phenols is 1. The molecule has 0 unspecified atom stereocenters. The van der Waals surface area contributed by atoms with E-state index in [0.717, 1.165) is 40.0 Å². The summed E-state index contributed by atoms with van der Waals surface area (Å²) in [5.41, 5.74) is 13.9. The molecule has 0 fully saturated rings. The van der Waals surface area contributed by atoms with Crippen LogP contribution in [0.2, 0.25) is 0 Å². The second-order valence-corrected chi connectivity index (χ2v) is 8.04. The van der Waals surface area contributed by atoms with Gasteiger partial charge in [0.15, 0.2) is 0 Å². The van der Waals surface area contributed by atoms with Gasteiger partial charge in [-0.2, -0.15) is 0 Å². The van der Waals surface area contributed by atoms with Crippen molar-refractivity contribution < 1.29 is 5.11 Å². The van der Waals surface area contributed by atoms with E-state index in [4.69, 9.17) is 5.73 Å². The third-order valence-electron chi connectivity index (χ3n) is 5.26. The van der Waals surface area contributed by atoms with Gasteiger partial charge < -0.3 is 15.7 Å². The summed E-state index contributed by atoms with van der Waals surface area (Å²) in [5.74, 6) is 1.31. The number of aryl methyl sites for hydroxylation is 1. The fraction of sp³-hybridized carbons (Fsp3) is 0.273. The first-order valence-corrected chi connectivity index (χ1v) is 10.0. The van der Waals surface area contributed by atoms with Gasteiger partial charge in [0.2, 0.25) is 0 Å². The lowest BCUT2D eigenvalue weighted by molar-refractivity contribution is 0.477. The molecule has 0 saturated heterocycles. The Balaban J connectivity index is 1.92. The molecule has 2 aromatic rings. The molecular formula is C22H24N2OS. The molecule has 4 rings (SSSR count). The molecule has 1 atom stereocenters. The van der Waals surface area contributed by atoms with Crippen molar-refractivity contribution in [3.63, 3.8) is 0 Å². The van der Waals surface area contributed by atoms with Crippen LogP contribution in [0.4, 0.5) is 5.69 Å². The molecule has 134 valence electrons. The summed E-state index contributed by atoms with van der Waals surface area (Å²) in [6.45, 7) is 4.15. The number of aromatic hydroxyl groups is 1. The monoisotopic (exact) mass is 364 g/mol. The molecule has 0 aromatic heterocycles. The normalized spacial score (nSPS) is 16.7. The molecule has 4 heteroatoms. The molecule has 0 spiro atoms. The van der Waals surface area contributed by atoms with Crippen LogP contribution in [0, 0.1) is 6.92 Å². The quantitative estimate of drug-likeness (QED) is 0.786. The average molecular weight is 365 g/mol. The molecular weight excluding hydrogens is 340 g/mol. The van der Waals surface area contributed by atoms with Crippen molar-refractivity contribution in [2.24, 2.45) is 5.73 Å². The first kappa shape index (κ1) is 17.3. The van der Waals surface area contributed by atoms with Crippen molar-refractivity contribution in [1.82, 2.24) is 0 Å². The van der Waals surface area contributed by atoms with E-state index in [-0.39, 0.29) is 6.04 Å². The Labute approximate surface area is 159 Å². The molecule has 0 saturated carbocycles. The number of benzene rings is 2. The lowest BCUT2D eigenvalue weighted by atomic mass is 9.87. The lowest BCUT2D eigenvalue weighted by Crippen LogP contribution is -2.17. The summed E-state index contributed by atoms with van der Waals surface area (Å²) >= 11 is 1.85. The van der Waals surface area contributed by atoms with Crippen LogP contribution in [-0.2, 0) is 0 Å². The second kappa shape index (κ2) is 6.53. The Bertz CT molecular complexity index is 928. The van der Waals surface area contributed by atoms with Crippen molar-refractivity contribution >= 4 is 23.0 Å². The predicted octanol–water partition coefficient (Wildman–Crippen LogP) is 5.20. The summed E-state index contributed by atoms with van der Waals surface area (Å²) < 4.78 is 0. The van der Waals surface area contributed by atoms with Crippen LogP contribution in [-0.4, -0.2) is 17.9 Å². The van der Waals surface area contributed by atoms with Gasteiger partial charge in [-0.15, -0.1) is 11.8 Å². The molecule has 2 heterocycles. The highest BCUT2D eigenvalue weighted by atomic mass is 32.2. The molecule has 3 nitrogen and oxygen atoms in total. The third kappa shape index (κ3) is 2.65. The van der Waals surface area contributed by atoms with Gasteiger partial charge in [-0.25, -0.2) is 0 Å². The van der Waals surface area contributed by atoms with Crippen LogP contribution in [0.15, 0.2) is 47.5 Å². The van der Waals surface area contributed by atoms with E-state index in [9.17, 15) is 5.11 Å². The molecule has 0 radical (unpaired) electrons. The van der Waals surface area contributed by atoms with E-state index in [1.165, 1.54) is 16.2 Å². The number of anilines is 1. The summed E-state index contributed by atoms with van der Waals surface area (Å²) in [7, 11) is 2.08. The number of phenolic OH excluding ortho intramolecular Hbond substituents is 1. The molecule has 2 aromatic carbocycles. The maximum atomic E-state index is 10.8. The molecule has 26 heavy (non-hydrogen) atoms. The van der Waals surface area contributed by atoms with Crippen LogP contribution in [0.1, 0.15) is 36.1 Å². The first-order valence-electron chi connectivity index (χ1n) is 9.02. The van der Waals surface area contributed by atoms with E-state index in [0.29, 0.717) is 5.75 Å². The molecule has 0 amide bonds. The zero-order valence-electron chi connectivity index (χ0n) is 15.4. The topological polar surface area (TPSA) is 49.5 Å². The smallest absolute Gasteiger partial charge is 0.124 e. The van der Waals surface area contributed by atoms with Crippen LogP contribution >= 0.6 is 11.8 Å². The van der Waals surface area contributed by atoms with Gasteiger partial charge in [0.1, 0.15) is 5.75 Å². The Kier molecular flexibility index (Phi) is 4.33. The highest BCUT2D eigenvalue weighted by molar-refractivity contribution is 8.04.